The number of nitrogens with zero attached hydrogens (tertiary/aromatic N) is 3. The van der Waals surface area contributed by atoms with Crippen molar-refractivity contribution in [3.63, 3.8) is 0 Å². The van der Waals surface area contributed by atoms with Crippen LogP contribution in [0.1, 0.15) is 5.56 Å². The maximum Gasteiger partial charge on any atom is 0.175 e. The Morgan fingerprint density at radius 2 is 1.83 bits per heavy atom. The van der Waals surface area contributed by atoms with Gasteiger partial charge in [0.1, 0.15) is 23.4 Å². The molecule has 4 aromatic rings. The third-order valence-electron chi connectivity index (χ3n) is 3.88. The molecular formula is C19H9F2N3. The minimum Gasteiger partial charge on any atom is -0.252 e. The van der Waals surface area contributed by atoms with Crippen molar-refractivity contribution in [2.45, 2.75) is 0 Å². The summed E-state index contributed by atoms with van der Waals surface area (Å²) < 4.78 is 29.0. The molecule has 2 aromatic heterocycles. The molecule has 0 saturated heterocycles. The highest BCUT2D eigenvalue weighted by Crippen LogP contribution is 2.33. The van der Waals surface area contributed by atoms with Gasteiger partial charge in [-0.3, -0.25) is 4.98 Å². The van der Waals surface area contributed by atoms with Gasteiger partial charge in [-0.1, -0.05) is 30.2 Å². The zero-order valence-corrected chi connectivity index (χ0v) is 12.3. The number of benzene rings is 2. The first-order chi connectivity index (χ1) is 11.7. The Labute approximate surface area is 136 Å². The predicted molar refractivity (Wildman–Crippen MR) is 88.1 cm³/mol. The summed E-state index contributed by atoms with van der Waals surface area (Å²) in [6.45, 7) is 0. The largest absolute Gasteiger partial charge is 0.252 e. The van der Waals surface area contributed by atoms with Gasteiger partial charge in [0, 0.05) is 28.7 Å². The van der Waals surface area contributed by atoms with Crippen LogP contribution in [0.5, 0.6) is 0 Å². The van der Waals surface area contributed by atoms with Crippen LogP contribution in [0.3, 0.4) is 0 Å². The van der Waals surface area contributed by atoms with Crippen LogP contribution in [0.15, 0.2) is 49.1 Å². The Kier molecular flexibility index (Phi) is 3.17. The van der Waals surface area contributed by atoms with Crippen molar-refractivity contribution < 1.29 is 8.78 Å². The number of halogens is 2. The first-order valence-corrected chi connectivity index (χ1v) is 7.13. The summed E-state index contributed by atoms with van der Waals surface area (Å²) in [5.41, 5.74) is 0.754. The van der Waals surface area contributed by atoms with E-state index < -0.39 is 11.6 Å². The van der Waals surface area contributed by atoms with E-state index in [1.807, 2.05) is 0 Å². The van der Waals surface area contributed by atoms with Gasteiger partial charge in [-0.2, -0.15) is 0 Å². The molecule has 0 bridgehead atoms. The molecule has 0 spiro atoms. The highest BCUT2D eigenvalue weighted by atomic mass is 19.1. The highest BCUT2D eigenvalue weighted by molar-refractivity contribution is 6.01. The molecule has 0 aliphatic carbocycles. The third kappa shape index (κ3) is 2.01. The second-order valence-corrected chi connectivity index (χ2v) is 5.22. The van der Waals surface area contributed by atoms with Crippen molar-refractivity contribution in [2.24, 2.45) is 0 Å². The van der Waals surface area contributed by atoms with Gasteiger partial charge in [-0.15, -0.1) is 6.42 Å². The Balaban J connectivity index is 2.13. The van der Waals surface area contributed by atoms with Crippen LogP contribution in [0.4, 0.5) is 8.78 Å². The fourth-order valence-electron chi connectivity index (χ4n) is 2.80. The summed E-state index contributed by atoms with van der Waals surface area (Å²) in [6, 6.07) is 8.12. The molecular weight excluding hydrogens is 308 g/mol. The number of hydrogen-bond donors (Lipinski definition) is 0. The summed E-state index contributed by atoms with van der Waals surface area (Å²) in [5.74, 6) is 1.24. The van der Waals surface area contributed by atoms with Gasteiger partial charge in [0.15, 0.2) is 5.82 Å². The van der Waals surface area contributed by atoms with E-state index in [1.165, 1.54) is 24.8 Å². The molecule has 24 heavy (non-hydrogen) atoms. The van der Waals surface area contributed by atoms with Crippen molar-refractivity contribution in [2.75, 3.05) is 0 Å². The lowest BCUT2D eigenvalue weighted by Crippen LogP contribution is -1.96. The van der Waals surface area contributed by atoms with Crippen LogP contribution < -0.4 is 0 Å². The summed E-state index contributed by atoms with van der Waals surface area (Å²) in [6.07, 6.45) is 9.71. The van der Waals surface area contributed by atoms with Crippen LogP contribution in [0.25, 0.3) is 32.9 Å². The van der Waals surface area contributed by atoms with E-state index in [0.29, 0.717) is 21.7 Å². The van der Waals surface area contributed by atoms with Gasteiger partial charge in [0.05, 0.1) is 5.56 Å². The number of terminal acetylenes is 1. The maximum atomic E-state index is 14.9. The van der Waals surface area contributed by atoms with Crippen LogP contribution in [-0.2, 0) is 0 Å². The molecule has 0 unspecified atom stereocenters. The molecule has 0 amide bonds. The molecule has 114 valence electrons. The van der Waals surface area contributed by atoms with Crippen molar-refractivity contribution in [1.82, 2.24) is 15.0 Å². The predicted octanol–water partition coefficient (Wildman–Crippen LogP) is 4.10. The highest BCUT2D eigenvalue weighted by Gasteiger charge is 2.17. The number of aromatic nitrogens is 3. The molecule has 0 saturated carbocycles. The molecule has 0 radical (unpaired) electrons. The lowest BCUT2D eigenvalue weighted by Gasteiger charge is -2.10. The Bertz CT molecular complexity index is 1150. The molecule has 4 rings (SSSR count). The Hall–Kier alpha value is -3.39. The van der Waals surface area contributed by atoms with Crippen LogP contribution in [0.2, 0.25) is 0 Å². The molecule has 0 aliphatic rings. The number of fused-ring (bicyclic) bond motifs is 2. The first-order valence-electron chi connectivity index (χ1n) is 7.13. The molecule has 5 heteroatoms. The number of pyridine rings is 1. The topological polar surface area (TPSA) is 38.7 Å². The average Bonchev–Trinajstić information content (AvgIpc) is 2.62. The molecule has 0 fully saturated rings. The second kappa shape index (κ2) is 5.36. The van der Waals surface area contributed by atoms with E-state index in [1.54, 1.807) is 24.3 Å². The summed E-state index contributed by atoms with van der Waals surface area (Å²) in [7, 11) is 0. The monoisotopic (exact) mass is 317 g/mol. The van der Waals surface area contributed by atoms with Crippen LogP contribution in [-0.4, -0.2) is 15.0 Å². The van der Waals surface area contributed by atoms with E-state index in [-0.39, 0.29) is 16.8 Å². The van der Waals surface area contributed by atoms with Gasteiger partial charge >= 0.3 is 0 Å². The zero-order valence-electron chi connectivity index (χ0n) is 12.3. The molecule has 0 atom stereocenters. The Morgan fingerprint density at radius 1 is 0.958 bits per heavy atom. The van der Waals surface area contributed by atoms with E-state index in [9.17, 15) is 8.78 Å². The van der Waals surface area contributed by atoms with Crippen molar-refractivity contribution in [3.8, 4) is 23.6 Å². The normalized spacial score (nSPS) is 10.9. The fraction of sp³-hybridized carbons (Fsp3) is 0. The van der Waals surface area contributed by atoms with E-state index in [4.69, 9.17) is 6.42 Å². The zero-order chi connectivity index (χ0) is 16.7. The van der Waals surface area contributed by atoms with Crippen molar-refractivity contribution in [3.05, 3.63) is 66.3 Å². The lowest BCUT2D eigenvalue weighted by atomic mass is 9.96. The van der Waals surface area contributed by atoms with Gasteiger partial charge in [0.25, 0.3) is 0 Å². The quantitative estimate of drug-likeness (QED) is 0.496. The summed E-state index contributed by atoms with van der Waals surface area (Å²) in [4.78, 5) is 12.0. The number of hydrogen-bond acceptors (Lipinski definition) is 3. The van der Waals surface area contributed by atoms with E-state index >= 15 is 0 Å². The van der Waals surface area contributed by atoms with E-state index in [0.717, 1.165) is 0 Å². The summed E-state index contributed by atoms with van der Waals surface area (Å²) in [5, 5.41) is 1.66. The van der Waals surface area contributed by atoms with Crippen LogP contribution in [0, 0.1) is 24.0 Å². The lowest BCUT2D eigenvalue weighted by molar-refractivity contribution is 0.626. The van der Waals surface area contributed by atoms with Gasteiger partial charge < -0.3 is 0 Å². The van der Waals surface area contributed by atoms with Crippen molar-refractivity contribution >= 4 is 21.7 Å². The second-order valence-electron chi connectivity index (χ2n) is 5.22. The standard InChI is InChI=1S/C19H9F2N3/c1-2-13-15(20)7-6-11-4-3-5-14(16(11)13)19-17(21)18-12(9-23-19)8-22-10-24-18/h1,3-10H. The molecule has 2 heterocycles. The minimum atomic E-state index is -0.588. The van der Waals surface area contributed by atoms with Crippen molar-refractivity contribution in [1.29, 1.82) is 0 Å². The van der Waals surface area contributed by atoms with Gasteiger partial charge in [-0.05, 0) is 11.5 Å². The smallest absolute Gasteiger partial charge is 0.175 e. The van der Waals surface area contributed by atoms with Gasteiger partial charge in [-0.25, -0.2) is 18.7 Å². The van der Waals surface area contributed by atoms with E-state index in [2.05, 4.69) is 20.9 Å². The minimum absolute atomic E-state index is 0.0777. The maximum absolute atomic E-state index is 14.9. The molecule has 3 nitrogen and oxygen atoms in total. The molecule has 0 N–H and O–H groups in total. The van der Waals surface area contributed by atoms with Crippen LogP contribution >= 0.6 is 0 Å². The molecule has 0 aliphatic heterocycles. The fourth-order valence-corrected chi connectivity index (χ4v) is 2.80. The Morgan fingerprint density at radius 3 is 2.67 bits per heavy atom. The third-order valence-corrected chi connectivity index (χ3v) is 3.88. The number of rotatable bonds is 1. The summed E-state index contributed by atoms with van der Waals surface area (Å²) >= 11 is 0. The molecule has 2 aromatic carbocycles. The SMILES string of the molecule is C#Cc1c(F)ccc2cccc(-c3ncc4cncnc4c3F)c12. The average molecular weight is 317 g/mol. The first kappa shape index (κ1) is 14.2. The van der Waals surface area contributed by atoms with Gasteiger partial charge in [0.2, 0.25) is 0 Å².